The van der Waals surface area contributed by atoms with E-state index in [0.29, 0.717) is 0 Å². The predicted octanol–water partition coefficient (Wildman–Crippen LogP) is 2.68. The van der Waals surface area contributed by atoms with Crippen LogP contribution in [0.25, 0.3) is 0 Å². The van der Waals surface area contributed by atoms with Crippen molar-refractivity contribution in [3.63, 3.8) is 0 Å². The van der Waals surface area contributed by atoms with Crippen LogP contribution in [-0.2, 0) is 14.8 Å². The molecule has 1 rings (SSSR count). The maximum atomic E-state index is 12.0. The van der Waals surface area contributed by atoms with Crippen LogP contribution in [0, 0.1) is 0 Å². The lowest BCUT2D eigenvalue weighted by Gasteiger charge is -2.18. The van der Waals surface area contributed by atoms with Crippen LogP contribution in [0.4, 0.5) is 0 Å². The molecule has 1 aromatic rings. The molecule has 0 aliphatic heterocycles. The maximum absolute atomic E-state index is 12.0. The predicted molar refractivity (Wildman–Crippen MR) is 74.1 cm³/mol. The Hall–Kier alpha value is -1.01. The van der Waals surface area contributed by atoms with Gasteiger partial charge in [-0.1, -0.05) is 11.6 Å². The summed E-state index contributed by atoms with van der Waals surface area (Å²) in [6.45, 7) is 8.27. The second-order valence-corrected chi connectivity index (χ2v) is 8.20. The van der Waals surface area contributed by atoms with Crippen molar-refractivity contribution < 1.29 is 17.9 Å². The standard InChI is InChI=1S/C12H18ClNO4S/c1-8(2)19(16,17)14-7-9(6-10(14)13)11(15)18-12(3,4)5/h6-8H,1-5H3. The summed E-state index contributed by atoms with van der Waals surface area (Å²) in [4.78, 5) is 11.8. The number of hydrogen-bond acceptors (Lipinski definition) is 4. The molecule has 0 aromatic carbocycles. The van der Waals surface area contributed by atoms with Crippen LogP contribution in [0.15, 0.2) is 12.3 Å². The van der Waals surface area contributed by atoms with Gasteiger partial charge < -0.3 is 4.74 Å². The largest absolute Gasteiger partial charge is 0.456 e. The fraction of sp³-hybridized carbons (Fsp3) is 0.583. The normalized spacial score (nSPS) is 12.8. The van der Waals surface area contributed by atoms with Gasteiger partial charge in [0.05, 0.1) is 10.8 Å². The molecule has 0 radical (unpaired) electrons. The number of ether oxygens (including phenoxy) is 1. The SMILES string of the molecule is CC(C)S(=O)(=O)n1cc(C(=O)OC(C)(C)C)cc1Cl. The molecule has 0 fully saturated rings. The van der Waals surface area contributed by atoms with Crippen molar-refractivity contribution in [2.24, 2.45) is 0 Å². The third kappa shape index (κ3) is 3.73. The number of nitrogens with zero attached hydrogens (tertiary/aromatic N) is 1. The maximum Gasteiger partial charge on any atom is 0.340 e. The third-order valence-electron chi connectivity index (χ3n) is 2.25. The molecule has 0 aliphatic carbocycles. The highest BCUT2D eigenvalue weighted by Crippen LogP contribution is 2.21. The molecular weight excluding hydrogens is 290 g/mol. The van der Waals surface area contributed by atoms with Crippen molar-refractivity contribution in [3.05, 3.63) is 23.0 Å². The van der Waals surface area contributed by atoms with Gasteiger partial charge in [-0.3, -0.25) is 0 Å². The highest BCUT2D eigenvalue weighted by atomic mass is 35.5. The van der Waals surface area contributed by atoms with Crippen molar-refractivity contribution in [2.45, 2.75) is 45.5 Å². The van der Waals surface area contributed by atoms with Gasteiger partial charge in [-0.25, -0.2) is 17.2 Å². The molecule has 0 saturated carbocycles. The van der Waals surface area contributed by atoms with Crippen molar-refractivity contribution in [3.8, 4) is 0 Å². The number of rotatable bonds is 3. The van der Waals surface area contributed by atoms with Crippen LogP contribution < -0.4 is 0 Å². The van der Waals surface area contributed by atoms with Crippen molar-refractivity contribution in [1.82, 2.24) is 3.97 Å². The molecule has 1 heterocycles. The van der Waals surface area contributed by atoms with Crippen LogP contribution in [0.3, 0.4) is 0 Å². The molecule has 108 valence electrons. The monoisotopic (exact) mass is 307 g/mol. The van der Waals surface area contributed by atoms with Gasteiger partial charge in [-0.2, -0.15) is 0 Å². The third-order valence-corrected chi connectivity index (χ3v) is 4.68. The van der Waals surface area contributed by atoms with E-state index < -0.39 is 26.8 Å². The quantitative estimate of drug-likeness (QED) is 0.805. The van der Waals surface area contributed by atoms with E-state index in [2.05, 4.69) is 0 Å². The zero-order valence-corrected chi connectivity index (χ0v) is 13.2. The Morgan fingerprint density at radius 2 is 1.89 bits per heavy atom. The first-order chi connectivity index (χ1) is 8.45. The average Bonchev–Trinajstić information content (AvgIpc) is 2.58. The fourth-order valence-electron chi connectivity index (χ4n) is 1.29. The summed E-state index contributed by atoms with van der Waals surface area (Å²) in [6, 6.07) is 1.29. The number of esters is 1. The summed E-state index contributed by atoms with van der Waals surface area (Å²) >= 11 is 5.86. The van der Waals surface area contributed by atoms with Gasteiger partial charge in [-0.15, -0.1) is 0 Å². The second kappa shape index (κ2) is 5.17. The van der Waals surface area contributed by atoms with E-state index in [9.17, 15) is 13.2 Å². The molecule has 0 N–H and O–H groups in total. The van der Waals surface area contributed by atoms with Crippen molar-refractivity contribution in [1.29, 1.82) is 0 Å². The topological polar surface area (TPSA) is 65.4 Å². The minimum absolute atomic E-state index is 0.0328. The number of carbonyl (C=O) groups excluding carboxylic acids is 1. The Bertz CT molecular complexity index is 581. The molecule has 0 atom stereocenters. The van der Waals surface area contributed by atoms with Crippen molar-refractivity contribution in [2.75, 3.05) is 0 Å². The lowest BCUT2D eigenvalue weighted by Crippen LogP contribution is -2.24. The van der Waals surface area contributed by atoms with Gasteiger partial charge in [0.1, 0.15) is 10.8 Å². The summed E-state index contributed by atoms with van der Waals surface area (Å²) in [5.41, 5.74) is -0.535. The first-order valence-corrected chi connectivity index (χ1v) is 7.69. The summed E-state index contributed by atoms with van der Waals surface area (Å²) in [5, 5.41) is -0.668. The van der Waals surface area contributed by atoms with Crippen molar-refractivity contribution >= 4 is 27.6 Å². The van der Waals surface area contributed by atoms with E-state index in [1.807, 2.05) is 0 Å². The van der Waals surface area contributed by atoms with Crippen LogP contribution in [0.5, 0.6) is 0 Å². The summed E-state index contributed by atoms with van der Waals surface area (Å²) in [6.07, 6.45) is 1.19. The zero-order chi connectivity index (χ0) is 15.0. The molecule has 19 heavy (non-hydrogen) atoms. The van der Waals surface area contributed by atoms with Gasteiger partial charge in [0, 0.05) is 6.20 Å². The number of halogens is 1. The fourth-order valence-corrected chi connectivity index (χ4v) is 2.75. The Kier molecular flexibility index (Phi) is 4.37. The number of carbonyl (C=O) groups is 1. The Labute approximate surface area is 118 Å². The Morgan fingerprint density at radius 3 is 2.32 bits per heavy atom. The van der Waals surface area contributed by atoms with Gasteiger partial charge >= 0.3 is 5.97 Å². The van der Waals surface area contributed by atoms with Gasteiger partial charge in [0.25, 0.3) is 0 Å². The molecule has 0 aliphatic rings. The highest BCUT2D eigenvalue weighted by molar-refractivity contribution is 7.90. The second-order valence-electron chi connectivity index (χ2n) is 5.44. The summed E-state index contributed by atoms with van der Waals surface area (Å²) in [5.74, 6) is -0.605. The van der Waals surface area contributed by atoms with Crippen LogP contribution in [0.1, 0.15) is 45.0 Å². The highest BCUT2D eigenvalue weighted by Gasteiger charge is 2.25. The van der Waals surface area contributed by atoms with Crippen LogP contribution in [0.2, 0.25) is 5.15 Å². The minimum Gasteiger partial charge on any atom is -0.456 e. The smallest absolute Gasteiger partial charge is 0.340 e. The van der Waals surface area contributed by atoms with Crippen LogP contribution >= 0.6 is 11.6 Å². The molecule has 0 bridgehead atoms. The van der Waals surface area contributed by atoms with Crippen LogP contribution in [-0.4, -0.2) is 29.2 Å². The van der Waals surface area contributed by atoms with Gasteiger partial charge in [0.15, 0.2) is 0 Å². The minimum atomic E-state index is -3.59. The van der Waals surface area contributed by atoms with Gasteiger partial charge in [-0.05, 0) is 40.7 Å². The molecule has 0 unspecified atom stereocenters. The van der Waals surface area contributed by atoms with E-state index in [4.69, 9.17) is 16.3 Å². The lowest BCUT2D eigenvalue weighted by molar-refractivity contribution is 0.00697. The molecule has 0 spiro atoms. The van der Waals surface area contributed by atoms with E-state index >= 15 is 0 Å². The Balaban J connectivity index is 3.15. The summed E-state index contributed by atoms with van der Waals surface area (Å²) < 4.78 is 30.1. The van der Waals surface area contributed by atoms with E-state index in [-0.39, 0.29) is 10.7 Å². The first-order valence-electron chi connectivity index (χ1n) is 5.81. The first kappa shape index (κ1) is 16.0. The molecule has 1 aromatic heterocycles. The molecule has 5 nitrogen and oxygen atoms in total. The van der Waals surface area contributed by atoms with E-state index in [1.54, 1.807) is 34.6 Å². The lowest BCUT2D eigenvalue weighted by atomic mass is 10.2. The Morgan fingerprint density at radius 1 is 1.37 bits per heavy atom. The number of hydrogen-bond donors (Lipinski definition) is 0. The van der Waals surface area contributed by atoms with E-state index in [1.165, 1.54) is 12.3 Å². The average molecular weight is 308 g/mol. The zero-order valence-electron chi connectivity index (χ0n) is 11.6. The molecule has 7 heteroatoms. The number of aromatic nitrogens is 1. The van der Waals surface area contributed by atoms with E-state index in [0.717, 1.165) is 3.97 Å². The van der Waals surface area contributed by atoms with Gasteiger partial charge in [0.2, 0.25) is 10.0 Å². The molecule has 0 saturated heterocycles. The molecular formula is C12H18ClNO4S. The molecule has 0 amide bonds. The summed E-state index contributed by atoms with van der Waals surface area (Å²) in [7, 11) is -3.59.